The van der Waals surface area contributed by atoms with Crippen molar-refractivity contribution in [2.45, 2.75) is 27.7 Å². The SMILES string of the molecule is Cc1ccc(NC(=O)c2ccc3nc(-c4c(C)cc(OS(C)(=O)=O)cc4C)[nH]c3c2)cc1C. The van der Waals surface area contributed by atoms with Gasteiger partial charge in [0.1, 0.15) is 11.6 Å². The number of aryl methyl sites for hydroxylation is 4. The van der Waals surface area contributed by atoms with E-state index in [2.05, 4.69) is 15.3 Å². The molecule has 2 N–H and O–H groups in total. The van der Waals surface area contributed by atoms with Crippen LogP contribution in [-0.2, 0) is 10.1 Å². The molecule has 4 aromatic rings. The molecule has 1 heterocycles. The van der Waals surface area contributed by atoms with Crippen LogP contribution in [0.3, 0.4) is 0 Å². The lowest BCUT2D eigenvalue weighted by Crippen LogP contribution is -2.11. The first-order valence-corrected chi connectivity index (χ1v) is 12.2. The van der Waals surface area contributed by atoms with Gasteiger partial charge in [-0.15, -0.1) is 0 Å². The van der Waals surface area contributed by atoms with Gasteiger partial charge in [0.15, 0.2) is 0 Å². The minimum atomic E-state index is -3.61. The molecule has 0 atom stereocenters. The number of H-pyrrole nitrogens is 1. The summed E-state index contributed by atoms with van der Waals surface area (Å²) in [6, 6.07) is 14.5. The summed E-state index contributed by atoms with van der Waals surface area (Å²) in [5.74, 6) is 0.696. The molecule has 0 saturated carbocycles. The van der Waals surface area contributed by atoms with E-state index in [0.717, 1.165) is 45.2 Å². The zero-order chi connectivity index (χ0) is 23.9. The number of hydrogen-bond acceptors (Lipinski definition) is 5. The van der Waals surface area contributed by atoms with Crippen molar-refractivity contribution in [2.75, 3.05) is 11.6 Å². The lowest BCUT2D eigenvalue weighted by molar-refractivity contribution is 0.102. The number of aromatic nitrogens is 2. The summed E-state index contributed by atoms with van der Waals surface area (Å²) in [6.45, 7) is 7.77. The molecule has 7 nitrogen and oxygen atoms in total. The summed E-state index contributed by atoms with van der Waals surface area (Å²) in [7, 11) is -3.61. The van der Waals surface area contributed by atoms with E-state index in [1.165, 1.54) is 5.56 Å². The summed E-state index contributed by atoms with van der Waals surface area (Å²) in [5, 5.41) is 2.94. The number of hydrogen-bond donors (Lipinski definition) is 2. The van der Waals surface area contributed by atoms with Gasteiger partial charge >= 0.3 is 10.1 Å². The molecule has 0 bridgehead atoms. The molecule has 0 spiro atoms. The number of nitrogens with one attached hydrogen (secondary N) is 2. The summed E-state index contributed by atoms with van der Waals surface area (Å²) in [5.41, 5.74) is 7.49. The summed E-state index contributed by atoms with van der Waals surface area (Å²) in [4.78, 5) is 20.7. The van der Waals surface area contributed by atoms with E-state index in [1.54, 1.807) is 30.3 Å². The first kappa shape index (κ1) is 22.5. The van der Waals surface area contributed by atoms with Crippen LogP contribution in [0, 0.1) is 27.7 Å². The predicted molar refractivity (Wildman–Crippen MR) is 130 cm³/mol. The molecule has 3 aromatic carbocycles. The molecule has 0 radical (unpaired) electrons. The minimum Gasteiger partial charge on any atom is -0.383 e. The maximum absolute atomic E-state index is 12.8. The van der Waals surface area contributed by atoms with Crippen LogP contribution in [0.5, 0.6) is 5.75 Å². The van der Waals surface area contributed by atoms with Gasteiger partial charge in [-0.3, -0.25) is 4.79 Å². The van der Waals surface area contributed by atoms with Gasteiger partial charge in [-0.05, 0) is 92.4 Å². The fourth-order valence-electron chi connectivity index (χ4n) is 3.81. The number of imidazole rings is 1. The Morgan fingerprint density at radius 2 is 1.61 bits per heavy atom. The zero-order valence-corrected chi connectivity index (χ0v) is 19.9. The molecule has 0 aliphatic heterocycles. The average Bonchev–Trinajstić information content (AvgIpc) is 3.11. The van der Waals surface area contributed by atoms with Gasteiger partial charge in [-0.1, -0.05) is 6.07 Å². The summed E-state index contributed by atoms with van der Waals surface area (Å²) < 4.78 is 27.9. The van der Waals surface area contributed by atoms with Crippen LogP contribution >= 0.6 is 0 Å². The zero-order valence-electron chi connectivity index (χ0n) is 19.1. The smallest absolute Gasteiger partial charge is 0.306 e. The van der Waals surface area contributed by atoms with Crippen LogP contribution < -0.4 is 9.50 Å². The van der Waals surface area contributed by atoms with E-state index in [9.17, 15) is 13.2 Å². The molecule has 1 amide bonds. The molecule has 170 valence electrons. The number of carbonyl (C=O) groups excluding carboxylic acids is 1. The Kier molecular flexibility index (Phi) is 5.71. The van der Waals surface area contributed by atoms with Gasteiger partial charge in [-0.25, -0.2) is 4.98 Å². The Morgan fingerprint density at radius 3 is 2.24 bits per heavy atom. The highest BCUT2D eigenvalue weighted by Gasteiger charge is 2.16. The van der Waals surface area contributed by atoms with E-state index >= 15 is 0 Å². The Morgan fingerprint density at radius 1 is 0.909 bits per heavy atom. The molecular weight excluding hydrogens is 438 g/mol. The topological polar surface area (TPSA) is 101 Å². The van der Waals surface area contributed by atoms with E-state index in [-0.39, 0.29) is 11.7 Å². The second-order valence-electron chi connectivity index (χ2n) is 8.29. The molecule has 0 saturated heterocycles. The molecule has 0 aliphatic rings. The van der Waals surface area contributed by atoms with E-state index < -0.39 is 10.1 Å². The molecule has 0 fully saturated rings. The standard InChI is InChI=1S/C25H25N3O4S/c1-14-6-8-19(10-15(14)2)26-25(29)18-7-9-21-22(13-18)28-24(27-21)23-16(3)11-20(12-17(23)4)32-33(5,30)31/h6-13H,1-5H3,(H,26,29)(H,27,28). The Hall–Kier alpha value is -3.65. The monoisotopic (exact) mass is 463 g/mol. The molecular formula is C25H25N3O4S. The first-order chi connectivity index (χ1) is 15.5. The Bertz CT molecular complexity index is 1480. The number of amides is 1. The number of carbonyl (C=O) groups is 1. The van der Waals surface area contributed by atoms with Crippen molar-refractivity contribution in [3.63, 3.8) is 0 Å². The average molecular weight is 464 g/mol. The lowest BCUT2D eigenvalue weighted by Gasteiger charge is -2.10. The van der Waals surface area contributed by atoms with Crippen LogP contribution in [0.2, 0.25) is 0 Å². The van der Waals surface area contributed by atoms with Gasteiger partial charge in [0.2, 0.25) is 0 Å². The van der Waals surface area contributed by atoms with Crippen LogP contribution in [0.1, 0.15) is 32.6 Å². The van der Waals surface area contributed by atoms with Crippen molar-refractivity contribution in [3.05, 3.63) is 76.3 Å². The van der Waals surface area contributed by atoms with Crippen molar-refractivity contribution in [3.8, 4) is 17.1 Å². The molecule has 1 aromatic heterocycles. The van der Waals surface area contributed by atoms with Crippen molar-refractivity contribution < 1.29 is 17.4 Å². The van der Waals surface area contributed by atoms with Gasteiger partial charge < -0.3 is 14.5 Å². The van der Waals surface area contributed by atoms with Gasteiger partial charge in [0.05, 0.1) is 17.3 Å². The Balaban J connectivity index is 1.64. The highest BCUT2D eigenvalue weighted by Crippen LogP contribution is 2.31. The van der Waals surface area contributed by atoms with Crippen LogP contribution in [0.4, 0.5) is 5.69 Å². The fourth-order valence-corrected chi connectivity index (χ4v) is 4.26. The van der Waals surface area contributed by atoms with Crippen LogP contribution in [0.25, 0.3) is 22.4 Å². The van der Waals surface area contributed by atoms with Gasteiger partial charge in [0, 0.05) is 16.8 Å². The van der Waals surface area contributed by atoms with Gasteiger partial charge in [-0.2, -0.15) is 8.42 Å². The molecule has 4 rings (SSSR count). The number of benzene rings is 3. The molecule has 0 aliphatic carbocycles. The van der Waals surface area contributed by atoms with Crippen molar-refractivity contribution >= 4 is 32.7 Å². The summed E-state index contributed by atoms with van der Waals surface area (Å²) in [6.07, 6.45) is 1.01. The quantitative estimate of drug-likeness (QED) is 0.403. The third kappa shape index (κ3) is 4.90. The highest BCUT2D eigenvalue weighted by atomic mass is 32.2. The molecule has 8 heteroatoms. The number of aromatic amines is 1. The lowest BCUT2D eigenvalue weighted by atomic mass is 10.0. The van der Waals surface area contributed by atoms with E-state index in [0.29, 0.717) is 11.4 Å². The van der Waals surface area contributed by atoms with Crippen LogP contribution in [-0.4, -0.2) is 30.5 Å². The van der Waals surface area contributed by atoms with Gasteiger partial charge in [0.25, 0.3) is 5.91 Å². The second kappa shape index (κ2) is 8.37. The number of anilines is 1. The predicted octanol–water partition coefficient (Wildman–Crippen LogP) is 5.05. The Labute approximate surface area is 193 Å². The largest absolute Gasteiger partial charge is 0.383 e. The molecule has 0 unspecified atom stereocenters. The van der Waals surface area contributed by atoms with Crippen LogP contribution in [0.15, 0.2) is 48.5 Å². The third-order valence-electron chi connectivity index (χ3n) is 5.50. The van der Waals surface area contributed by atoms with E-state index in [1.807, 2.05) is 45.9 Å². The minimum absolute atomic E-state index is 0.203. The third-order valence-corrected chi connectivity index (χ3v) is 5.99. The first-order valence-electron chi connectivity index (χ1n) is 10.4. The fraction of sp³-hybridized carbons (Fsp3) is 0.200. The highest BCUT2D eigenvalue weighted by molar-refractivity contribution is 7.86. The molecule has 33 heavy (non-hydrogen) atoms. The number of fused-ring (bicyclic) bond motifs is 1. The van der Waals surface area contributed by atoms with Crippen molar-refractivity contribution in [2.24, 2.45) is 0 Å². The van der Waals surface area contributed by atoms with E-state index in [4.69, 9.17) is 4.18 Å². The normalized spacial score (nSPS) is 11.5. The summed E-state index contributed by atoms with van der Waals surface area (Å²) >= 11 is 0. The maximum atomic E-state index is 12.8. The second-order valence-corrected chi connectivity index (χ2v) is 9.86. The van der Waals surface area contributed by atoms with Crippen molar-refractivity contribution in [1.82, 2.24) is 9.97 Å². The van der Waals surface area contributed by atoms with Crippen molar-refractivity contribution in [1.29, 1.82) is 0 Å². The number of nitrogens with zero attached hydrogens (tertiary/aromatic N) is 1. The number of rotatable bonds is 5. The maximum Gasteiger partial charge on any atom is 0.306 e.